The third kappa shape index (κ3) is 3.63. The lowest BCUT2D eigenvalue weighted by molar-refractivity contribution is -0.386. The number of carbonyl (C=O) groups excluding carboxylic acids is 2. The molecule has 1 aromatic heterocycles. The van der Waals surface area contributed by atoms with Crippen LogP contribution >= 0.6 is 0 Å². The Kier molecular flexibility index (Phi) is 5.54. The number of hydrogen-bond acceptors (Lipinski definition) is 6. The van der Waals surface area contributed by atoms with Gasteiger partial charge in [-0.2, -0.15) is 5.10 Å². The van der Waals surface area contributed by atoms with E-state index < -0.39 is 10.9 Å². The first-order valence-corrected chi connectivity index (χ1v) is 8.22. The maximum absolute atomic E-state index is 12.7. The predicted octanol–water partition coefficient (Wildman–Crippen LogP) is 3.32. The molecule has 0 radical (unpaired) electrons. The molecule has 0 aliphatic carbocycles. The van der Waals surface area contributed by atoms with Gasteiger partial charge in [0.2, 0.25) is 5.69 Å². The lowest BCUT2D eigenvalue weighted by Gasteiger charge is -2.12. The molecule has 0 bridgehead atoms. The Hall–Kier alpha value is -3.03. The summed E-state index contributed by atoms with van der Waals surface area (Å²) >= 11 is 0. The van der Waals surface area contributed by atoms with E-state index in [4.69, 9.17) is 4.74 Å². The molecule has 26 heavy (non-hydrogen) atoms. The first kappa shape index (κ1) is 19.3. The van der Waals surface area contributed by atoms with Gasteiger partial charge in [0, 0.05) is 7.05 Å². The first-order chi connectivity index (χ1) is 12.2. The minimum atomic E-state index is -0.913. The molecule has 2 aromatic rings. The Morgan fingerprint density at radius 2 is 1.96 bits per heavy atom. The van der Waals surface area contributed by atoms with Gasteiger partial charge in [0.05, 0.1) is 10.5 Å². The van der Waals surface area contributed by atoms with Crippen LogP contribution in [0.3, 0.4) is 0 Å². The van der Waals surface area contributed by atoms with E-state index in [1.165, 1.54) is 14.0 Å². The highest BCUT2D eigenvalue weighted by atomic mass is 16.6. The zero-order valence-corrected chi connectivity index (χ0v) is 15.5. The van der Waals surface area contributed by atoms with Crippen molar-refractivity contribution >= 4 is 17.4 Å². The summed E-state index contributed by atoms with van der Waals surface area (Å²) in [5.41, 5.74) is 1.35. The number of nitro groups is 1. The van der Waals surface area contributed by atoms with Gasteiger partial charge in [-0.05, 0) is 44.4 Å². The molecule has 0 unspecified atom stereocenters. The first-order valence-electron chi connectivity index (χ1n) is 8.22. The van der Waals surface area contributed by atoms with Crippen molar-refractivity contribution < 1.29 is 19.2 Å². The van der Waals surface area contributed by atoms with Crippen molar-refractivity contribution in [1.29, 1.82) is 0 Å². The molecule has 0 aliphatic heterocycles. The molecular formula is C18H21N3O5. The predicted molar refractivity (Wildman–Crippen MR) is 94.7 cm³/mol. The van der Waals surface area contributed by atoms with E-state index >= 15 is 0 Å². The highest BCUT2D eigenvalue weighted by molar-refractivity contribution is 6.00. The summed E-state index contributed by atoms with van der Waals surface area (Å²) in [6, 6.07) is 3.40. The van der Waals surface area contributed by atoms with Crippen LogP contribution in [0.5, 0.6) is 5.75 Å². The number of rotatable bonds is 6. The summed E-state index contributed by atoms with van der Waals surface area (Å²) in [6.45, 7) is 6.78. The molecular weight excluding hydrogens is 338 g/mol. The third-order valence-corrected chi connectivity index (χ3v) is 3.95. The number of ether oxygens (including phenoxy) is 1. The summed E-state index contributed by atoms with van der Waals surface area (Å²) in [7, 11) is 1.45. The Labute approximate surface area is 150 Å². The average Bonchev–Trinajstić information content (AvgIpc) is 2.86. The summed E-state index contributed by atoms with van der Waals surface area (Å²) in [5.74, 6) is -1.06. The fourth-order valence-electron chi connectivity index (χ4n) is 2.89. The van der Waals surface area contributed by atoms with Crippen LogP contribution in [0.2, 0.25) is 0 Å². The van der Waals surface area contributed by atoms with Crippen LogP contribution in [-0.4, -0.2) is 26.5 Å². The van der Waals surface area contributed by atoms with Crippen LogP contribution in [0.4, 0.5) is 5.69 Å². The molecule has 0 N–H and O–H groups in total. The van der Waals surface area contributed by atoms with Gasteiger partial charge in [-0.15, -0.1) is 0 Å². The van der Waals surface area contributed by atoms with Gasteiger partial charge in [-0.1, -0.05) is 19.4 Å². The van der Waals surface area contributed by atoms with Gasteiger partial charge in [0.15, 0.2) is 5.78 Å². The third-order valence-electron chi connectivity index (χ3n) is 3.95. The van der Waals surface area contributed by atoms with Crippen molar-refractivity contribution in [2.45, 2.75) is 40.5 Å². The molecule has 0 atom stereocenters. The standard InChI is InChI=1S/C18H21N3O5/c1-6-7-14-15(21(24)25)16(20(5)19-14)18(23)26-17-11(3)8-10(2)9-13(17)12(4)22/h8-9H,6-7H2,1-5H3. The molecule has 138 valence electrons. The molecule has 8 nitrogen and oxygen atoms in total. The maximum Gasteiger partial charge on any atom is 0.369 e. The van der Waals surface area contributed by atoms with Crippen molar-refractivity contribution in [3.63, 3.8) is 0 Å². The van der Waals surface area contributed by atoms with Crippen LogP contribution in [0.15, 0.2) is 12.1 Å². The molecule has 1 aromatic carbocycles. The van der Waals surface area contributed by atoms with E-state index in [9.17, 15) is 19.7 Å². The number of hydrogen-bond donors (Lipinski definition) is 0. The highest BCUT2D eigenvalue weighted by Crippen LogP contribution is 2.30. The second kappa shape index (κ2) is 7.47. The topological polar surface area (TPSA) is 104 Å². The van der Waals surface area contributed by atoms with Crippen LogP contribution in [0.1, 0.15) is 57.9 Å². The van der Waals surface area contributed by atoms with Gasteiger partial charge < -0.3 is 4.74 Å². The Balaban J connectivity index is 2.53. The molecule has 2 rings (SSSR count). The molecule has 0 spiro atoms. The minimum Gasteiger partial charge on any atom is -0.421 e. The van der Waals surface area contributed by atoms with Gasteiger partial charge in [0.1, 0.15) is 11.4 Å². The zero-order valence-electron chi connectivity index (χ0n) is 15.5. The molecule has 0 fully saturated rings. The number of esters is 1. The number of ketones is 1. The van der Waals surface area contributed by atoms with Crippen molar-refractivity contribution in [3.05, 3.63) is 50.3 Å². The fourth-order valence-corrected chi connectivity index (χ4v) is 2.89. The van der Waals surface area contributed by atoms with Crippen LogP contribution < -0.4 is 4.74 Å². The number of aryl methyl sites for hydroxylation is 4. The van der Waals surface area contributed by atoms with E-state index in [1.807, 2.05) is 13.8 Å². The minimum absolute atomic E-state index is 0.112. The van der Waals surface area contributed by atoms with E-state index in [2.05, 4.69) is 5.10 Å². The number of benzene rings is 1. The maximum atomic E-state index is 12.7. The lowest BCUT2D eigenvalue weighted by atomic mass is 10.0. The van der Waals surface area contributed by atoms with Gasteiger partial charge in [-0.25, -0.2) is 4.79 Å². The monoisotopic (exact) mass is 359 g/mol. The van der Waals surface area contributed by atoms with Crippen LogP contribution in [0, 0.1) is 24.0 Å². The molecule has 1 heterocycles. The highest BCUT2D eigenvalue weighted by Gasteiger charge is 2.33. The van der Waals surface area contributed by atoms with Gasteiger partial charge in [0.25, 0.3) is 0 Å². The number of nitrogens with zero attached hydrogens (tertiary/aromatic N) is 3. The summed E-state index contributed by atoms with van der Waals surface area (Å²) < 4.78 is 6.57. The summed E-state index contributed by atoms with van der Waals surface area (Å²) in [6.07, 6.45) is 1.03. The average molecular weight is 359 g/mol. The number of Topliss-reactive ketones (excluding diaryl/α,β-unsaturated/α-hetero) is 1. The van der Waals surface area contributed by atoms with E-state index in [1.54, 1.807) is 19.1 Å². The van der Waals surface area contributed by atoms with E-state index in [0.717, 1.165) is 10.2 Å². The molecule has 0 saturated heterocycles. The molecule has 0 aliphatic rings. The SMILES string of the molecule is CCCc1nn(C)c(C(=O)Oc2c(C)cc(C)cc2C(C)=O)c1[N+](=O)[O-]. The van der Waals surface area contributed by atoms with Crippen molar-refractivity contribution in [1.82, 2.24) is 9.78 Å². The fraction of sp³-hybridized carbons (Fsp3) is 0.389. The second-order valence-corrected chi connectivity index (χ2v) is 6.18. The van der Waals surface area contributed by atoms with Gasteiger partial charge >= 0.3 is 11.7 Å². The van der Waals surface area contributed by atoms with Gasteiger partial charge in [-0.3, -0.25) is 19.6 Å². The largest absolute Gasteiger partial charge is 0.421 e. The molecule has 0 saturated carbocycles. The Bertz CT molecular complexity index is 899. The normalized spacial score (nSPS) is 10.7. The van der Waals surface area contributed by atoms with Crippen LogP contribution in [-0.2, 0) is 13.5 Å². The number of aromatic nitrogens is 2. The van der Waals surface area contributed by atoms with Crippen molar-refractivity contribution in [2.24, 2.45) is 7.05 Å². The quantitative estimate of drug-likeness (QED) is 0.258. The summed E-state index contributed by atoms with van der Waals surface area (Å²) in [4.78, 5) is 35.4. The van der Waals surface area contributed by atoms with Crippen molar-refractivity contribution in [2.75, 3.05) is 0 Å². The van der Waals surface area contributed by atoms with Crippen molar-refractivity contribution in [3.8, 4) is 5.75 Å². The second-order valence-electron chi connectivity index (χ2n) is 6.18. The molecule has 8 heteroatoms. The lowest BCUT2D eigenvalue weighted by Crippen LogP contribution is -2.17. The number of carbonyl (C=O) groups is 2. The summed E-state index contributed by atoms with van der Waals surface area (Å²) in [5, 5.41) is 15.6. The Morgan fingerprint density at radius 1 is 1.31 bits per heavy atom. The smallest absolute Gasteiger partial charge is 0.369 e. The van der Waals surface area contributed by atoms with Crippen LogP contribution in [0.25, 0.3) is 0 Å². The zero-order chi connectivity index (χ0) is 19.6. The molecule has 0 amide bonds. The Morgan fingerprint density at radius 3 is 2.50 bits per heavy atom. The van der Waals surface area contributed by atoms with E-state index in [-0.39, 0.29) is 34.2 Å². The van der Waals surface area contributed by atoms with E-state index in [0.29, 0.717) is 18.4 Å².